The molecule has 0 aromatic heterocycles. The topological polar surface area (TPSA) is 12.0 Å². The Bertz CT molecular complexity index is 566. The van der Waals surface area contributed by atoms with Crippen LogP contribution in [0.1, 0.15) is 16.7 Å². The highest BCUT2D eigenvalue weighted by Gasteiger charge is 2.02. The maximum Gasteiger partial charge on any atom is 0.123 e. The van der Waals surface area contributed by atoms with Crippen LogP contribution in [-0.4, -0.2) is 0 Å². The Morgan fingerprint density at radius 3 is 2.56 bits per heavy atom. The lowest BCUT2D eigenvalue weighted by Crippen LogP contribution is -2.03. The quantitative estimate of drug-likeness (QED) is 0.857. The zero-order valence-corrected chi connectivity index (χ0v) is 12.0. The Morgan fingerprint density at radius 2 is 1.83 bits per heavy atom. The second-order valence-electron chi connectivity index (χ2n) is 4.38. The molecule has 0 atom stereocenters. The van der Waals surface area contributed by atoms with E-state index in [1.54, 1.807) is 12.1 Å². The third-order valence-corrected chi connectivity index (χ3v) is 3.46. The largest absolute Gasteiger partial charge is 0.381 e. The molecule has 94 valence electrons. The van der Waals surface area contributed by atoms with Gasteiger partial charge in [0.05, 0.1) is 0 Å². The molecule has 1 N–H and O–H groups in total. The summed E-state index contributed by atoms with van der Waals surface area (Å²) in [6, 6.07) is 10.9. The van der Waals surface area contributed by atoms with Crippen molar-refractivity contribution in [1.29, 1.82) is 0 Å². The highest BCUT2D eigenvalue weighted by Crippen LogP contribution is 2.21. The van der Waals surface area contributed by atoms with Gasteiger partial charge in [-0.2, -0.15) is 0 Å². The number of benzene rings is 2. The summed E-state index contributed by atoms with van der Waals surface area (Å²) in [5.41, 5.74) is 4.32. The summed E-state index contributed by atoms with van der Waals surface area (Å²) in [5, 5.41) is 3.34. The van der Waals surface area contributed by atoms with E-state index in [4.69, 9.17) is 0 Å². The van der Waals surface area contributed by atoms with E-state index in [9.17, 15) is 4.39 Å². The van der Waals surface area contributed by atoms with E-state index in [1.807, 2.05) is 26.0 Å². The third kappa shape index (κ3) is 3.10. The number of hydrogen-bond acceptors (Lipinski definition) is 1. The molecular weight excluding hydrogens is 293 g/mol. The first-order valence-electron chi connectivity index (χ1n) is 5.81. The van der Waals surface area contributed by atoms with Gasteiger partial charge in [0.25, 0.3) is 0 Å². The van der Waals surface area contributed by atoms with E-state index in [1.165, 1.54) is 11.6 Å². The molecule has 0 spiro atoms. The number of anilines is 1. The van der Waals surface area contributed by atoms with E-state index in [0.29, 0.717) is 6.54 Å². The van der Waals surface area contributed by atoms with Crippen LogP contribution in [0.4, 0.5) is 10.1 Å². The Morgan fingerprint density at radius 1 is 1.06 bits per heavy atom. The molecule has 0 heterocycles. The molecule has 0 saturated heterocycles. The van der Waals surface area contributed by atoms with Crippen molar-refractivity contribution in [3.63, 3.8) is 0 Å². The van der Waals surface area contributed by atoms with Crippen LogP contribution in [-0.2, 0) is 6.54 Å². The minimum Gasteiger partial charge on any atom is -0.381 e. The van der Waals surface area contributed by atoms with Gasteiger partial charge in [0.15, 0.2) is 0 Å². The monoisotopic (exact) mass is 307 g/mol. The molecule has 2 aromatic rings. The average molecular weight is 308 g/mol. The van der Waals surface area contributed by atoms with E-state index in [2.05, 4.69) is 27.3 Å². The van der Waals surface area contributed by atoms with Crippen molar-refractivity contribution < 1.29 is 4.39 Å². The predicted molar refractivity (Wildman–Crippen MR) is 77.3 cm³/mol. The maximum atomic E-state index is 13.2. The summed E-state index contributed by atoms with van der Waals surface area (Å²) >= 11 is 3.44. The van der Waals surface area contributed by atoms with Gasteiger partial charge in [-0.25, -0.2) is 4.39 Å². The van der Waals surface area contributed by atoms with Crippen molar-refractivity contribution in [2.45, 2.75) is 20.4 Å². The van der Waals surface area contributed by atoms with Crippen LogP contribution in [0.15, 0.2) is 40.9 Å². The van der Waals surface area contributed by atoms with Gasteiger partial charge in [0.2, 0.25) is 0 Å². The summed E-state index contributed by atoms with van der Waals surface area (Å²) in [4.78, 5) is 0. The molecular formula is C15H15BrFN. The molecule has 0 aliphatic heterocycles. The minimum absolute atomic E-state index is 0.190. The fraction of sp³-hybridized carbons (Fsp3) is 0.200. The fourth-order valence-corrected chi connectivity index (χ4v) is 2.32. The van der Waals surface area contributed by atoms with Crippen LogP contribution >= 0.6 is 15.9 Å². The van der Waals surface area contributed by atoms with Gasteiger partial charge in [-0.05, 0) is 60.9 Å². The zero-order chi connectivity index (χ0) is 13.1. The molecule has 0 saturated carbocycles. The van der Waals surface area contributed by atoms with E-state index < -0.39 is 0 Å². The van der Waals surface area contributed by atoms with Gasteiger partial charge in [0, 0.05) is 16.7 Å². The van der Waals surface area contributed by atoms with Gasteiger partial charge in [-0.15, -0.1) is 0 Å². The maximum absolute atomic E-state index is 13.2. The lowest BCUT2D eigenvalue weighted by atomic mass is 10.1. The van der Waals surface area contributed by atoms with Gasteiger partial charge in [0.1, 0.15) is 5.82 Å². The summed E-state index contributed by atoms with van der Waals surface area (Å²) in [6.45, 7) is 4.67. The van der Waals surface area contributed by atoms with Crippen molar-refractivity contribution in [3.8, 4) is 0 Å². The van der Waals surface area contributed by atoms with E-state index in [0.717, 1.165) is 21.3 Å². The normalized spacial score (nSPS) is 10.4. The van der Waals surface area contributed by atoms with Gasteiger partial charge in [-0.1, -0.05) is 22.0 Å². The molecule has 2 aromatic carbocycles. The molecule has 0 bridgehead atoms. The standard InChI is InChI=1S/C15H15BrFN/c1-10-3-5-14(17)8-12(10)9-18-15-6-4-13(16)7-11(15)2/h3-8,18H,9H2,1-2H3. The molecule has 2 rings (SSSR count). The van der Waals surface area contributed by atoms with Crippen LogP contribution in [0.3, 0.4) is 0 Å². The second-order valence-corrected chi connectivity index (χ2v) is 5.30. The van der Waals surface area contributed by atoms with Crippen molar-refractivity contribution in [2.24, 2.45) is 0 Å². The molecule has 18 heavy (non-hydrogen) atoms. The summed E-state index contributed by atoms with van der Waals surface area (Å²) in [6.07, 6.45) is 0. The molecule has 0 unspecified atom stereocenters. The van der Waals surface area contributed by atoms with Crippen molar-refractivity contribution in [3.05, 3.63) is 63.4 Å². The van der Waals surface area contributed by atoms with Crippen molar-refractivity contribution in [2.75, 3.05) is 5.32 Å². The van der Waals surface area contributed by atoms with Gasteiger partial charge in [-0.3, -0.25) is 0 Å². The van der Waals surface area contributed by atoms with Crippen molar-refractivity contribution in [1.82, 2.24) is 0 Å². The highest BCUT2D eigenvalue weighted by atomic mass is 79.9. The number of nitrogens with one attached hydrogen (secondary N) is 1. The molecule has 0 fully saturated rings. The molecule has 0 aliphatic rings. The summed E-state index contributed by atoms with van der Waals surface area (Å²) in [7, 11) is 0. The Kier molecular flexibility index (Phi) is 4.02. The minimum atomic E-state index is -0.190. The SMILES string of the molecule is Cc1ccc(F)cc1CNc1ccc(Br)cc1C. The average Bonchev–Trinajstić information content (AvgIpc) is 2.32. The van der Waals surface area contributed by atoms with Crippen LogP contribution in [0.25, 0.3) is 0 Å². The third-order valence-electron chi connectivity index (χ3n) is 2.97. The lowest BCUT2D eigenvalue weighted by Gasteiger charge is -2.11. The smallest absolute Gasteiger partial charge is 0.123 e. The number of hydrogen-bond donors (Lipinski definition) is 1. The van der Waals surface area contributed by atoms with Crippen LogP contribution in [0, 0.1) is 19.7 Å². The highest BCUT2D eigenvalue weighted by molar-refractivity contribution is 9.10. The van der Waals surface area contributed by atoms with Crippen LogP contribution in [0.2, 0.25) is 0 Å². The van der Waals surface area contributed by atoms with Crippen molar-refractivity contribution >= 4 is 21.6 Å². The summed E-state index contributed by atoms with van der Waals surface area (Å²) in [5.74, 6) is -0.190. The lowest BCUT2D eigenvalue weighted by molar-refractivity contribution is 0.625. The van der Waals surface area contributed by atoms with Gasteiger partial charge < -0.3 is 5.32 Å². The first-order chi connectivity index (χ1) is 8.56. The Hall–Kier alpha value is -1.35. The van der Waals surface area contributed by atoms with Crippen LogP contribution < -0.4 is 5.32 Å². The Labute approximate surface area is 115 Å². The molecule has 1 nitrogen and oxygen atoms in total. The van der Waals surface area contributed by atoms with Crippen LogP contribution in [0.5, 0.6) is 0 Å². The zero-order valence-electron chi connectivity index (χ0n) is 10.4. The number of halogens is 2. The fourth-order valence-electron chi connectivity index (χ4n) is 1.85. The van der Waals surface area contributed by atoms with Gasteiger partial charge >= 0.3 is 0 Å². The second kappa shape index (κ2) is 5.53. The predicted octanol–water partition coefficient (Wildman–Crippen LogP) is 4.82. The first kappa shape index (κ1) is 13.1. The number of rotatable bonds is 3. The number of aryl methyl sites for hydroxylation is 2. The molecule has 0 amide bonds. The molecule has 0 aliphatic carbocycles. The van der Waals surface area contributed by atoms with E-state index >= 15 is 0 Å². The first-order valence-corrected chi connectivity index (χ1v) is 6.60. The molecule has 0 radical (unpaired) electrons. The summed E-state index contributed by atoms with van der Waals surface area (Å²) < 4.78 is 14.2. The van der Waals surface area contributed by atoms with E-state index in [-0.39, 0.29) is 5.82 Å². The molecule has 3 heteroatoms. The Balaban J connectivity index is 2.13.